The highest BCUT2D eigenvalue weighted by molar-refractivity contribution is 5.85. The lowest BCUT2D eigenvalue weighted by molar-refractivity contribution is -0.131. The number of fused-ring (bicyclic) bond motifs is 1. The first-order valence-corrected chi connectivity index (χ1v) is 10.8. The van der Waals surface area contributed by atoms with Crippen LogP contribution >= 0.6 is 0 Å². The molecule has 168 valence electrons. The normalized spacial score (nSPS) is 11.4. The molecule has 0 unspecified atom stereocenters. The summed E-state index contributed by atoms with van der Waals surface area (Å²) in [5, 5.41) is 8.78. The van der Waals surface area contributed by atoms with E-state index in [0.717, 1.165) is 35.6 Å². The van der Waals surface area contributed by atoms with Gasteiger partial charge in [0.25, 0.3) is 5.56 Å². The van der Waals surface area contributed by atoms with Gasteiger partial charge in [0, 0.05) is 18.2 Å². The summed E-state index contributed by atoms with van der Waals surface area (Å²) in [5.41, 5.74) is 2.21. The zero-order valence-corrected chi connectivity index (χ0v) is 18.2. The molecule has 0 radical (unpaired) electrons. The first-order chi connectivity index (χ1) is 16.0. The lowest BCUT2D eigenvalue weighted by Gasteiger charge is -2.11. The quantitative estimate of drug-likeness (QED) is 0.404. The van der Waals surface area contributed by atoms with E-state index in [0.29, 0.717) is 24.6 Å². The van der Waals surface area contributed by atoms with Gasteiger partial charge in [-0.25, -0.2) is 14.6 Å². The summed E-state index contributed by atoms with van der Waals surface area (Å²) >= 11 is 0. The Morgan fingerprint density at radius 3 is 2.45 bits per heavy atom. The second-order valence-electron chi connectivity index (χ2n) is 7.74. The van der Waals surface area contributed by atoms with Crippen LogP contribution in [0.5, 0.6) is 0 Å². The number of rotatable bonds is 8. The summed E-state index contributed by atoms with van der Waals surface area (Å²) < 4.78 is 2.81. The Morgan fingerprint density at radius 2 is 1.79 bits per heavy atom. The van der Waals surface area contributed by atoms with Crippen LogP contribution in [-0.4, -0.2) is 30.2 Å². The maximum Gasteiger partial charge on any atom is 0.333 e. The molecule has 2 aromatic heterocycles. The van der Waals surface area contributed by atoms with Crippen molar-refractivity contribution in [3.63, 3.8) is 0 Å². The second kappa shape index (κ2) is 9.52. The number of H-pyrrole nitrogens is 1. The van der Waals surface area contributed by atoms with E-state index in [2.05, 4.69) is 9.97 Å². The highest BCUT2D eigenvalue weighted by atomic mass is 16.4. The average Bonchev–Trinajstić information content (AvgIpc) is 3.27. The van der Waals surface area contributed by atoms with Gasteiger partial charge in [-0.2, -0.15) is 0 Å². The highest BCUT2D eigenvalue weighted by Crippen LogP contribution is 2.20. The molecule has 0 aliphatic rings. The zero-order chi connectivity index (χ0) is 23.4. The third kappa shape index (κ3) is 4.69. The molecular formula is C25H24N4O4. The first-order valence-electron chi connectivity index (χ1n) is 10.8. The number of unbranched alkanes of at least 4 members (excludes halogenated alkanes) is 1. The summed E-state index contributed by atoms with van der Waals surface area (Å²) in [6.45, 7) is 2.65. The summed E-state index contributed by atoms with van der Waals surface area (Å²) in [5.74, 6) is -0.558. The number of hydrogen-bond donors (Lipinski definition) is 2. The van der Waals surface area contributed by atoms with E-state index in [1.807, 2.05) is 37.3 Å². The van der Waals surface area contributed by atoms with Crippen molar-refractivity contribution in [1.29, 1.82) is 0 Å². The molecular weight excluding hydrogens is 420 g/mol. The molecule has 0 aliphatic carbocycles. The molecule has 0 fully saturated rings. The predicted molar refractivity (Wildman–Crippen MR) is 127 cm³/mol. The number of aliphatic carboxylic acids is 1. The van der Waals surface area contributed by atoms with Crippen LogP contribution in [0.15, 0.2) is 70.3 Å². The van der Waals surface area contributed by atoms with Crippen molar-refractivity contribution in [2.45, 2.75) is 32.9 Å². The number of carbonyl (C=O) groups is 1. The van der Waals surface area contributed by atoms with E-state index in [9.17, 15) is 14.4 Å². The molecule has 0 amide bonds. The van der Waals surface area contributed by atoms with E-state index < -0.39 is 5.97 Å². The number of imidazole rings is 1. The van der Waals surface area contributed by atoms with Crippen molar-refractivity contribution in [3.8, 4) is 11.4 Å². The average molecular weight is 444 g/mol. The predicted octanol–water partition coefficient (Wildman–Crippen LogP) is 3.50. The summed E-state index contributed by atoms with van der Waals surface area (Å²) in [6.07, 6.45) is 4.14. The fourth-order valence-corrected chi connectivity index (χ4v) is 3.64. The van der Waals surface area contributed by atoms with Gasteiger partial charge in [0.15, 0.2) is 5.65 Å². The number of hydrogen-bond acceptors (Lipinski definition) is 4. The van der Waals surface area contributed by atoms with Gasteiger partial charge in [-0.15, -0.1) is 0 Å². The van der Waals surface area contributed by atoms with E-state index in [4.69, 9.17) is 5.11 Å². The molecule has 0 aliphatic heterocycles. The third-order valence-corrected chi connectivity index (χ3v) is 5.38. The molecule has 33 heavy (non-hydrogen) atoms. The zero-order valence-electron chi connectivity index (χ0n) is 18.2. The minimum absolute atomic E-state index is 0.284. The van der Waals surface area contributed by atoms with Crippen molar-refractivity contribution >= 4 is 23.2 Å². The molecule has 0 saturated carbocycles. The van der Waals surface area contributed by atoms with Gasteiger partial charge in [0.05, 0.1) is 6.54 Å². The van der Waals surface area contributed by atoms with Gasteiger partial charge in [-0.1, -0.05) is 67.9 Å². The van der Waals surface area contributed by atoms with Crippen molar-refractivity contribution in [1.82, 2.24) is 19.1 Å². The number of benzene rings is 2. The molecule has 2 N–H and O–H groups in total. The first kappa shape index (κ1) is 22.0. The Hall–Kier alpha value is -4.20. The Morgan fingerprint density at radius 1 is 1.06 bits per heavy atom. The fraction of sp³-hybridized carbons (Fsp3) is 0.200. The van der Waals surface area contributed by atoms with Crippen LogP contribution < -0.4 is 11.2 Å². The standard InChI is InChI=1S/C25H24N4O4/c1-2-3-15-28-24(32)21-23(29(25(28)33)16-18-7-5-4-6-8-18)27-22(26-21)19-12-9-17(10-13-19)11-14-20(30)31/h4-14H,2-3,15-16H2,1H3,(H,26,27)(H,30,31)/b14-11+. The molecule has 4 rings (SSSR count). The molecule has 0 bridgehead atoms. The van der Waals surface area contributed by atoms with Crippen LogP contribution in [0.1, 0.15) is 30.9 Å². The molecule has 0 saturated heterocycles. The third-order valence-electron chi connectivity index (χ3n) is 5.38. The van der Waals surface area contributed by atoms with E-state index in [1.165, 1.54) is 15.2 Å². The lowest BCUT2D eigenvalue weighted by Crippen LogP contribution is -2.40. The Bertz CT molecular complexity index is 1430. The Balaban J connectivity index is 1.83. The summed E-state index contributed by atoms with van der Waals surface area (Å²) in [4.78, 5) is 44.8. The number of nitrogens with zero attached hydrogens (tertiary/aromatic N) is 3. The molecule has 4 aromatic rings. The summed E-state index contributed by atoms with van der Waals surface area (Å²) in [6, 6.07) is 16.7. The van der Waals surface area contributed by atoms with Gasteiger partial charge in [0.1, 0.15) is 11.3 Å². The Kier molecular flexibility index (Phi) is 6.35. The monoisotopic (exact) mass is 444 g/mol. The lowest BCUT2D eigenvalue weighted by atomic mass is 10.1. The van der Waals surface area contributed by atoms with E-state index in [-0.39, 0.29) is 16.8 Å². The fourth-order valence-electron chi connectivity index (χ4n) is 3.64. The van der Waals surface area contributed by atoms with Crippen LogP contribution in [0, 0.1) is 0 Å². The topological polar surface area (TPSA) is 110 Å². The van der Waals surface area contributed by atoms with Crippen molar-refractivity contribution in [3.05, 3.63) is 92.6 Å². The maximum atomic E-state index is 13.2. The van der Waals surface area contributed by atoms with Gasteiger partial charge < -0.3 is 10.1 Å². The van der Waals surface area contributed by atoms with Gasteiger partial charge >= 0.3 is 11.7 Å². The molecule has 2 heterocycles. The van der Waals surface area contributed by atoms with Gasteiger partial charge in [-0.3, -0.25) is 13.9 Å². The van der Waals surface area contributed by atoms with Crippen LogP contribution in [0.4, 0.5) is 0 Å². The minimum atomic E-state index is -1.02. The van der Waals surface area contributed by atoms with Gasteiger partial charge in [0.2, 0.25) is 0 Å². The largest absolute Gasteiger partial charge is 0.478 e. The molecule has 8 heteroatoms. The van der Waals surface area contributed by atoms with Crippen molar-refractivity contribution in [2.75, 3.05) is 0 Å². The van der Waals surface area contributed by atoms with E-state index in [1.54, 1.807) is 24.3 Å². The molecule has 2 aromatic carbocycles. The number of nitrogens with one attached hydrogen (secondary N) is 1. The SMILES string of the molecule is CCCCn1c(=O)c2[nH]c(-c3ccc(/C=C/C(=O)O)cc3)nc2n(Cc2ccccc2)c1=O. The van der Waals surface area contributed by atoms with Crippen LogP contribution in [-0.2, 0) is 17.9 Å². The number of carboxylic acids is 1. The number of aromatic amines is 1. The van der Waals surface area contributed by atoms with Crippen molar-refractivity contribution < 1.29 is 9.90 Å². The van der Waals surface area contributed by atoms with Crippen LogP contribution in [0.2, 0.25) is 0 Å². The van der Waals surface area contributed by atoms with Crippen LogP contribution in [0.25, 0.3) is 28.6 Å². The highest BCUT2D eigenvalue weighted by Gasteiger charge is 2.18. The van der Waals surface area contributed by atoms with Gasteiger partial charge in [-0.05, 0) is 23.6 Å². The number of carboxylic acid groups (broad SMARTS) is 1. The molecule has 8 nitrogen and oxygen atoms in total. The minimum Gasteiger partial charge on any atom is -0.478 e. The molecule has 0 atom stereocenters. The van der Waals surface area contributed by atoms with E-state index >= 15 is 0 Å². The second-order valence-corrected chi connectivity index (χ2v) is 7.74. The molecule has 0 spiro atoms. The Labute approximate surface area is 189 Å². The summed E-state index contributed by atoms with van der Waals surface area (Å²) in [7, 11) is 0. The maximum absolute atomic E-state index is 13.2. The smallest absolute Gasteiger partial charge is 0.333 e. The van der Waals surface area contributed by atoms with Crippen molar-refractivity contribution in [2.24, 2.45) is 0 Å². The van der Waals surface area contributed by atoms with Crippen LogP contribution in [0.3, 0.4) is 0 Å². The number of aromatic nitrogens is 4.